The summed E-state index contributed by atoms with van der Waals surface area (Å²) in [6.45, 7) is 5.68. The van der Waals surface area contributed by atoms with E-state index in [4.69, 9.17) is 4.74 Å². The average Bonchev–Trinajstić information content (AvgIpc) is 2.29. The van der Waals surface area contributed by atoms with Crippen molar-refractivity contribution < 1.29 is 9.13 Å². The summed E-state index contributed by atoms with van der Waals surface area (Å²) in [7, 11) is 0. The van der Waals surface area contributed by atoms with E-state index >= 15 is 0 Å². The lowest BCUT2D eigenvalue weighted by Gasteiger charge is -2.31. The zero-order chi connectivity index (χ0) is 12.4. The summed E-state index contributed by atoms with van der Waals surface area (Å²) in [6.07, 6.45) is 0.996. The molecule has 2 atom stereocenters. The van der Waals surface area contributed by atoms with Crippen molar-refractivity contribution in [2.75, 3.05) is 18.5 Å². The van der Waals surface area contributed by atoms with Crippen LogP contribution in [0.3, 0.4) is 0 Å². The van der Waals surface area contributed by atoms with E-state index in [1.165, 1.54) is 0 Å². The van der Waals surface area contributed by atoms with E-state index in [0.29, 0.717) is 16.4 Å². The van der Waals surface area contributed by atoms with Crippen LogP contribution in [-0.4, -0.2) is 19.3 Å². The zero-order valence-electron chi connectivity index (χ0n) is 10.1. The minimum atomic E-state index is -0.215. The predicted molar refractivity (Wildman–Crippen MR) is 70.8 cm³/mol. The van der Waals surface area contributed by atoms with Crippen molar-refractivity contribution in [2.24, 2.45) is 5.92 Å². The Kier molecular flexibility index (Phi) is 4.05. The molecule has 94 valence electrons. The molecule has 0 bridgehead atoms. The van der Waals surface area contributed by atoms with Crippen molar-refractivity contribution >= 4 is 21.6 Å². The Morgan fingerprint density at radius 1 is 1.47 bits per heavy atom. The highest BCUT2D eigenvalue weighted by Crippen LogP contribution is 2.27. The number of anilines is 1. The van der Waals surface area contributed by atoms with Gasteiger partial charge in [0.25, 0.3) is 0 Å². The fourth-order valence-corrected chi connectivity index (χ4v) is 2.44. The maximum atomic E-state index is 13.3. The van der Waals surface area contributed by atoms with Crippen LogP contribution in [0.5, 0.6) is 0 Å². The number of halogens is 2. The number of hydrogen-bond acceptors (Lipinski definition) is 2. The van der Waals surface area contributed by atoms with Gasteiger partial charge in [0.15, 0.2) is 0 Å². The first kappa shape index (κ1) is 12.8. The molecule has 2 nitrogen and oxygen atoms in total. The van der Waals surface area contributed by atoms with Gasteiger partial charge in [0, 0.05) is 18.3 Å². The Labute approximate surface area is 110 Å². The number of nitrogens with one attached hydrogen (secondary N) is 1. The highest BCUT2D eigenvalue weighted by atomic mass is 79.9. The number of ether oxygens (including phenoxy) is 1. The van der Waals surface area contributed by atoms with Gasteiger partial charge in [0.2, 0.25) is 0 Å². The van der Waals surface area contributed by atoms with Crippen molar-refractivity contribution in [3.63, 3.8) is 0 Å². The molecule has 2 unspecified atom stereocenters. The maximum Gasteiger partial charge on any atom is 0.137 e. The fraction of sp³-hybridized carbons (Fsp3) is 0.538. The van der Waals surface area contributed by atoms with Gasteiger partial charge in [0.05, 0.1) is 11.1 Å². The molecule has 1 aliphatic rings. The number of benzene rings is 1. The molecule has 1 saturated heterocycles. The molecule has 4 heteroatoms. The molecule has 1 aromatic rings. The normalized spacial score (nSPS) is 24.7. The second-order valence-corrected chi connectivity index (χ2v) is 5.53. The molecule has 1 aliphatic heterocycles. The van der Waals surface area contributed by atoms with Crippen LogP contribution in [0.25, 0.3) is 0 Å². The number of hydrogen-bond donors (Lipinski definition) is 1. The molecule has 0 radical (unpaired) electrons. The molecular weight excluding hydrogens is 285 g/mol. The molecule has 0 aromatic heterocycles. The van der Waals surface area contributed by atoms with Crippen molar-refractivity contribution in [2.45, 2.75) is 26.3 Å². The minimum Gasteiger partial charge on any atom is -0.382 e. The smallest absolute Gasteiger partial charge is 0.137 e. The van der Waals surface area contributed by atoms with E-state index in [1.54, 1.807) is 6.07 Å². The molecule has 0 aliphatic carbocycles. The topological polar surface area (TPSA) is 21.3 Å². The largest absolute Gasteiger partial charge is 0.382 e. The van der Waals surface area contributed by atoms with Gasteiger partial charge in [-0.2, -0.15) is 0 Å². The highest BCUT2D eigenvalue weighted by Gasteiger charge is 2.22. The second-order valence-electron chi connectivity index (χ2n) is 4.67. The van der Waals surface area contributed by atoms with Gasteiger partial charge in [-0.05, 0) is 52.9 Å². The minimum absolute atomic E-state index is 0.215. The van der Waals surface area contributed by atoms with E-state index in [1.807, 2.05) is 13.0 Å². The van der Waals surface area contributed by atoms with Gasteiger partial charge >= 0.3 is 0 Å². The van der Waals surface area contributed by atoms with Crippen molar-refractivity contribution in [1.82, 2.24) is 0 Å². The van der Waals surface area contributed by atoms with Crippen LogP contribution in [0.2, 0.25) is 0 Å². The molecular formula is C13H17BrFNO. The van der Waals surface area contributed by atoms with E-state index in [0.717, 1.165) is 30.9 Å². The summed E-state index contributed by atoms with van der Waals surface area (Å²) < 4.78 is 19.2. The third kappa shape index (κ3) is 2.99. The Hall–Kier alpha value is -0.610. The molecule has 1 N–H and O–H groups in total. The first-order chi connectivity index (χ1) is 8.08. The predicted octanol–water partition coefficient (Wildman–Crippen LogP) is 3.73. The Morgan fingerprint density at radius 2 is 2.24 bits per heavy atom. The van der Waals surface area contributed by atoms with Crippen LogP contribution in [0.1, 0.15) is 18.9 Å². The number of rotatable bonds is 2. The molecule has 2 rings (SSSR count). The molecule has 17 heavy (non-hydrogen) atoms. The Balaban J connectivity index is 2.15. The van der Waals surface area contributed by atoms with E-state index in [-0.39, 0.29) is 5.82 Å². The summed E-state index contributed by atoms with van der Waals surface area (Å²) in [4.78, 5) is 0. The standard InChI is InChI=1S/C13H17BrFNO/c1-8-5-11(15)10(14)6-13(8)16-12-3-4-17-7-9(12)2/h5-6,9,12,16H,3-4,7H2,1-2H3. The van der Waals surface area contributed by atoms with Gasteiger partial charge in [0.1, 0.15) is 5.82 Å². The lowest BCUT2D eigenvalue weighted by atomic mass is 9.97. The van der Waals surface area contributed by atoms with E-state index in [2.05, 4.69) is 28.2 Å². The summed E-state index contributed by atoms with van der Waals surface area (Å²) >= 11 is 3.22. The van der Waals surface area contributed by atoms with Crippen molar-refractivity contribution in [3.05, 3.63) is 28.0 Å². The van der Waals surface area contributed by atoms with Gasteiger partial charge in [-0.25, -0.2) is 4.39 Å². The van der Waals surface area contributed by atoms with Gasteiger partial charge < -0.3 is 10.1 Å². The molecule has 1 aromatic carbocycles. The lowest BCUT2D eigenvalue weighted by Crippen LogP contribution is -2.36. The monoisotopic (exact) mass is 301 g/mol. The average molecular weight is 302 g/mol. The van der Waals surface area contributed by atoms with Gasteiger partial charge in [-0.1, -0.05) is 6.92 Å². The number of aryl methyl sites for hydroxylation is 1. The van der Waals surface area contributed by atoms with Crippen LogP contribution in [0, 0.1) is 18.7 Å². The molecule has 0 spiro atoms. The molecule has 1 heterocycles. The van der Waals surface area contributed by atoms with Gasteiger partial charge in [-0.3, -0.25) is 0 Å². The van der Waals surface area contributed by atoms with Crippen LogP contribution in [0.4, 0.5) is 10.1 Å². The third-order valence-corrected chi connectivity index (χ3v) is 3.86. The third-order valence-electron chi connectivity index (χ3n) is 3.25. The van der Waals surface area contributed by atoms with E-state index < -0.39 is 0 Å². The zero-order valence-corrected chi connectivity index (χ0v) is 11.7. The van der Waals surface area contributed by atoms with Crippen molar-refractivity contribution in [3.8, 4) is 0 Å². The molecule has 0 saturated carbocycles. The quantitative estimate of drug-likeness (QED) is 0.898. The second kappa shape index (κ2) is 5.36. The first-order valence-electron chi connectivity index (χ1n) is 5.88. The lowest BCUT2D eigenvalue weighted by molar-refractivity contribution is 0.0537. The van der Waals surface area contributed by atoms with Crippen molar-refractivity contribution in [1.29, 1.82) is 0 Å². The first-order valence-corrected chi connectivity index (χ1v) is 6.67. The Bertz CT molecular complexity index is 411. The summed E-state index contributed by atoms with van der Waals surface area (Å²) in [5.41, 5.74) is 1.93. The van der Waals surface area contributed by atoms with E-state index in [9.17, 15) is 4.39 Å². The molecule has 1 fully saturated rings. The summed E-state index contributed by atoms with van der Waals surface area (Å²) in [5, 5.41) is 3.49. The van der Waals surface area contributed by atoms with Crippen LogP contribution in [-0.2, 0) is 4.74 Å². The van der Waals surface area contributed by atoms with Crippen LogP contribution >= 0.6 is 15.9 Å². The van der Waals surface area contributed by atoms with Crippen LogP contribution in [0.15, 0.2) is 16.6 Å². The Morgan fingerprint density at radius 3 is 2.94 bits per heavy atom. The highest BCUT2D eigenvalue weighted by molar-refractivity contribution is 9.10. The summed E-state index contributed by atoms with van der Waals surface area (Å²) in [5.74, 6) is 0.264. The van der Waals surface area contributed by atoms with Gasteiger partial charge in [-0.15, -0.1) is 0 Å². The maximum absolute atomic E-state index is 13.3. The summed E-state index contributed by atoms with van der Waals surface area (Å²) in [6, 6.07) is 3.77. The SMILES string of the molecule is Cc1cc(F)c(Br)cc1NC1CCOCC1C. The van der Waals surface area contributed by atoms with Crippen LogP contribution < -0.4 is 5.32 Å². The fourth-order valence-electron chi connectivity index (χ4n) is 2.10. The molecule has 0 amide bonds.